The molecule has 1 unspecified atom stereocenters. The van der Waals surface area contributed by atoms with Crippen molar-refractivity contribution in [3.63, 3.8) is 0 Å². The second-order valence-electron chi connectivity index (χ2n) is 8.79. The van der Waals surface area contributed by atoms with Gasteiger partial charge in [0.1, 0.15) is 23.0 Å². The highest BCUT2D eigenvalue weighted by atomic mass is 79.9. The van der Waals surface area contributed by atoms with Gasteiger partial charge in [-0.2, -0.15) is 0 Å². The summed E-state index contributed by atoms with van der Waals surface area (Å²) in [5.74, 6) is 1.69. The van der Waals surface area contributed by atoms with Gasteiger partial charge in [-0.3, -0.25) is 0 Å². The van der Waals surface area contributed by atoms with Crippen molar-refractivity contribution in [2.45, 2.75) is 26.6 Å². The van der Waals surface area contributed by atoms with Gasteiger partial charge < -0.3 is 45.9 Å². The number of rotatable bonds is 11. The number of esters is 1. The Labute approximate surface area is 253 Å². The number of methoxy groups -OCH3 is 1. The zero-order chi connectivity index (χ0) is 28.9. The molecule has 4 aromatic rings. The van der Waals surface area contributed by atoms with Crippen LogP contribution in [0.3, 0.4) is 0 Å². The smallest absolute Gasteiger partial charge is 0.343 e. The van der Waals surface area contributed by atoms with Crippen LogP contribution in [-0.4, -0.2) is 38.9 Å². The number of benzene rings is 4. The summed E-state index contributed by atoms with van der Waals surface area (Å²) in [7, 11) is 5.61. The number of aliphatic hydroxyl groups is 1. The number of ether oxygens (including phenoxy) is 4. The lowest BCUT2D eigenvalue weighted by atomic mass is 10.1. The molecule has 0 saturated heterocycles. The molecule has 4 aromatic carbocycles. The number of anilines is 1. The lowest BCUT2D eigenvalue weighted by Crippen LogP contribution is -3.00. The lowest BCUT2D eigenvalue weighted by Gasteiger charge is -2.14. The molecule has 0 saturated carbocycles. The van der Waals surface area contributed by atoms with E-state index < -0.39 is 12.3 Å². The first kappa shape index (κ1) is 33.2. The van der Waals surface area contributed by atoms with Crippen LogP contribution in [0.1, 0.15) is 41.6 Å². The molecule has 0 heterocycles. The van der Waals surface area contributed by atoms with Crippen molar-refractivity contribution >= 4 is 11.7 Å². The van der Waals surface area contributed by atoms with Gasteiger partial charge >= 0.3 is 5.97 Å². The van der Waals surface area contributed by atoms with Crippen LogP contribution in [0, 0.1) is 0 Å². The number of nitrogens with zero attached hydrogens (tertiary/aromatic N) is 1. The summed E-state index contributed by atoms with van der Waals surface area (Å²) in [6.45, 7) is 4.53. The summed E-state index contributed by atoms with van der Waals surface area (Å²) >= 11 is 0. The second-order valence-corrected chi connectivity index (χ2v) is 8.79. The fraction of sp³-hybridized carbons (Fsp3) is 0.242. The van der Waals surface area contributed by atoms with Crippen LogP contribution in [0.2, 0.25) is 0 Å². The maximum Gasteiger partial charge on any atom is 0.343 e. The molecular formula is C33H37BrNO6-. The van der Waals surface area contributed by atoms with E-state index in [4.69, 9.17) is 18.9 Å². The van der Waals surface area contributed by atoms with Gasteiger partial charge in [-0.1, -0.05) is 26.0 Å². The molecule has 0 bridgehead atoms. The van der Waals surface area contributed by atoms with E-state index in [9.17, 15) is 9.90 Å². The second kappa shape index (κ2) is 16.9. The van der Waals surface area contributed by atoms with Gasteiger partial charge in [0, 0.05) is 31.8 Å². The Morgan fingerprint density at radius 2 is 1.29 bits per heavy atom. The van der Waals surface area contributed by atoms with Gasteiger partial charge in [0.2, 0.25) is 6.29 Å². The molecular weight excluding hydrogens is 586 g/mol. The molecule has 7 nitrogen and oxygen atoms in total. The van der Waals surface area contributed by atoms with Crippen LogP contribution in [-0.2, 0) is 6.42 Å². The number of aliphatic hydroxyl groups excluding tert-OH is 1. The van der Waals surface area contributed by atoms with Crippen LogP contribution in [0.4, 0.5) is 5.69 Å². The van der Waals surface area contributed by atoms with Crippen molar-refractivity contribution in [3.8, 4) is 23.0 Å². The topological polar surface area (TPSA) is 77.5 Å². The van der Waals surface area contributed by atoms with E-state index in [1.807, 2.05) is 27.9 Å². The van der Waals surface area contributed by atoms with Crippen molar-refractivity contribution in [1.82, 2.24) is 0 Å². The zero-order valence-electron chi connectivity index (χ0n) is 24.0. The van der Waals surface area contributed by atoms with Crippen molar-refractivity contribution in [1.29, 1.82) is 0 Å². The Bertz CT molecular complexity index is 1310. The fourth-order valence-corrected chi connectivity index (χ4v) is 3.65. The summed E-state index contributed by atoms with van der Waals surface area (Å²) < 4.78 is 22.0. The van der Waals surface area contributed by atoms with Gasteiger partial charge in [-0.25, -0.2) is 4.79 Å². The van der Waals surface area contributed by atoms with Crippen LogP contribution in [0.5, 0.6) is 23.0 Å². The first-order valence-corrected chi connectivity index (χ1v) is 13.2. The minimum Gasteiger partial charge on any atom is -1.00 e. The normalized spacial score (nSPS) is 10.7. The number of hydrogen-bond acceptors (Lipinski definition) is 7. The Balaban J connectivity index is 0.00000192. The molecule has 0 fully saturated rings. The Morgan fingerprint density at radius 1 is 0.756 bits per heavy atom. The summed E-state index contributed by atoms with van der Waals surface area (Å²) in [6.07, 6.45) is -0.354. The molecule has 41 heavy (non-hydrogen) atoms. The minimum absolute atomic E-state index is 0. The van der Waals surface area contributed by atoms with Crippen LogP contribution < -0.4 is 40.8 Å². The van der Waals surface area contributed by atoms with Gasteiger partial charge in [0.25, 0.3) is 0 Å². The molecule has 0 amide bonds. The molecule has 0 aliphatic heterocycles. The maximum absolute atomic E-state index is 12.6. The molecule has 8 heteroatoms. The first-order chi connectivity index (χ1) is 19.4. The molecule has 1 atom stereocenters. The van der Waals surface area contributed by atoms with E-state index >= 15 is 0 Å². The molecule has 0 aliphatic rings. The third kappa shape index (κ3) is 10.2. The van der Waals surface area contributed by atoms with Gasteiger partial charge in [0.15, 0.2) is 0 Å². The van der Waals surface area contributed by atoms with Crippen molar-refractivity contribution < 1.29 is 45.8 Å². The van der Waals surface area contributed by atoms with Crippen LogP contribution in [0.25, 0.3) is 0 Å². The largest absolute Gasteiger partial charge is 1.00 e. The van der Waals surface area contributed by atoms with Crippen LogP contribution >= 0.6 is 0 Å². The highest BCUT2D eigenvalue weighted by Crippen LogP contribution is 2.25. The van der Waals surface area contributed by atoms with E-state index in [2.05, 4.69) is 29.2 Å². The molecule has 218 valence electrons. The van der Waals surface area contributed by atoms with E-state index in [-0.39, 0.29) is 17.0 Å². The SMILES string of the molecule is CC.COc1ccc(C(O)Oc2ccc(OC(=O)c3ccc(OCCc4ccc(N(C)C)cc4)cc3)cc2)cc1.[Br-]. The maximum atomic E-state index is 12.6. The Hall–Kier alpha value is -4.01. The molecule has 1 N–H and O–H groups in total. The van der Waals surface area contributed by atoms with Crippen molar-refractivity contribution in [3.05, 3.63) is 114 Å². The predicted octanol–water partition coefficient (Wildman–Crippen LogP) is 3.70. The van der Waals surface area contributed by atoms with E-state index in [1.54, 1.807) is 79.9 Å². The lowest BCUT2D eigenvalue weighted by molar-refractivity contribution is -0.0195. The Kier molecular flexibility index (Phi) is 13.7. The molecule has 0 spiro atoms. The molecule has 4 rings (SSSR count). The fourth-order valence-electron chi connectivity index (χ4n) is 3.65. The highest BCUT2D eigenvalue weighted by molar-refractivity contribution is 5.91. The number of carbonyl (C=O) groups is 1. The summed E-state index contributed by atoms with van der Waals surface area (Å²) in [5, 5.41) is 10.3. The third-order valence-electron chi connectivity index (χ3n) is 5.89. The third-order valence-corrected chi connectivity index (χ3v) is 5.89. The summed E-state index contributed by atoms with van der Waals surface area (Å²) in [4.78, 5) is 14.6. The van der Waals surface area contributed by atoms with Gasteiger partial charge in [0.05, 0.1) is 19.3 Å². The quantitative estimate of drug-likeness (QED) is 0.155. The standard InChI is InChI=1S/C31H31NO6.C2H6.BrH/c1-32(2)25-10-4-22(5-11-25)20-21-36-27-14-8-24(9-15-27)31(34)38-29-18-16-28(17-19-29)37-30(33)23-6-12-26(35-3)13-7-23;1-2;/h4-19,30,33H,20-21H2,1-3H3;1-2H3;1H/p-1. The van der Waals surface area contributed by atoms with E-state index in [1.165, 1.54) is 5.56 Å². The minimum atomic E-state index is -1.14. The molecule has 0 radical (unpaired) electrons. The first-order valence-electron chi connectivity index (χ1n) is 13.2. The van der Waals surface area contributed by atoms with E-state index in [0.29, 0.717) is 40.7 Å². The summed E-state index contributed by atoms with van der Waals surface area (Å²) in [6, 6.07) is 28.6. The van der Waals surface area contributed by atoms with E-state index in [0.717, 1.165) is 12.1 Å². The van der Waals surface area contributed by atoms with Gasteiger partial charge in [-0.15, -0.1) is 0 Å². The number of halogens is 1. The molecule has 0 aromatic heterocycles. The van der Waals surface area contributed by atoms with Crippen LogP contribution in [0.15, 0.2) is 97.1 Å². The Morgan fingerprint density at radius 3 is 1.85 bits per heavy atom. The van der Waals surface area contributed by atoms with Crippen molar-refractivity contribution in [2.24, 2.45) is 0 Å². The average molecular weight is 624 g/mol. The monoisotopic (exact) mass is 622 g/mol. The highest BCUT2D eigenvalue weighted by Gasteiger charge is 2.12. The average Bonchev–Trinajstić information content (AvgIpc) is 2.99. The predicted molar refractivity (Wildman–Crippen MR) is 158 cm³/mol. The number of hydrogen-bond donors (Lipinski definition) is 1. The molecule has 0 aliphatic carbocycles. The zero-order valence-corrected chi connectivity index (χ0v) is 25.6. The van der Waals surface area contributed by atoms with Gasteiger partial charge in [-0.05, 0) is 90.5 Å². The number of carbonyl (C=O) groups excluding carboxylic acids is 1. The van der Waals surface area contributed by atoms with Crippen molar-refractivity contribution in [2.75, 3.05) is 32.7 Å². The summed E-state index contributed by atoms with van der Waals surface area (Å²) in [5.41, 5.74) is 3.35.